The van der Waals surface area contributed by atoms with Gasteiger partial charge in [0, 0.05) is 38.0 Å². The van der Waals surface area contributed by atoms with Crippen molar-refractivity contribution in [2.24, 2.45) is 4.99 Å². The van der Waals surface area contributed by atoms with Gasteiger partial charge >= 0.3 is 0 Å². The molecule has 0 aliphatic carbocycles. The van der Waals surface area contributed by atoms with Gasteiger partial charge in [-0.05, 0) is 43.0 Å². The SMILES string of the molecule is CCCOC1CCN(Cc2cccc(OCC3=Nc4cnccc4C(=O)C3)c2)CC1. The summed E-state index contributed by atoms with van der Waals surface area (Å²) in [6.45, 7) is 6.36. The normalized spacial score (nSPS) is 17.5. The maximum Gasteiger partial charge on any atom is 0.170 e. The van der Waals surface area contributed by atoms with Gasteiger partial charge in [-0.1, -0.05) is 19.1 Å². The van der Waals surface area contributed by atoms with Crippen molar-refractivity contribution >= 4 is 17.2 Å². The zero-order valence-corrected chi connectivity index (χ0v) is 17.5. The van der Waals surface area contributed by atoms with Gasteiger partial charge in [-0.25, -0.2) is 0 Å². The van der Waals surface area contributed by atoms with Crippen LogP contribution in [0.1, 0.15) is 48.5 Å². The summed E-state index contributed by atoms with van der Waals surface area (Å²) in [7, 11) is 0. The Balaban J connectivity index is 1.30. The van der Waals surface area contributed by atoms with Gasteiger partial charge in [-0.2, -0.15) is 0 Å². The molecule has 4 rings (SSSR count). The predicted octanol–water partition coefficient (Wildman–Crippen LogP) is 4.21. The van der Waals surface area contributed by atoms with E-state index in [2.05, 4.69) is 33.9 Å². The molecule has 0 radical (unpaired) electrons. The van der Waals surface area contributed by atoms with E-state index >= 15 is 0 Å². The van der Waals surface area contributed by atoms with Crippen molar-refractivity contribution in [2.75, 3.05) is 26.3 Å². The molecular formula is C24H29N3O3. The van der Waals surface area contributed by atoms with E-state index < -0.39 is 0 Å². The Kier molecular flexibility index (Phi) is 6.87. The fraction of sp³-hybridized carbons (Fsp3) is 0.458. The molecule has 30 heavy (non-hydrogen) atoms. The van der Waals surface area contributed by atoms with Crippen LogP contribution >= 0.6 is 0 Å². The van der Waals surface area contributed by atoms with Gasteiger partial charge in [0.15, 0.2) is 5.78 Å². The molecule has 158 valence electrons. The number of likely N-dealkylation sites (tertiary alicyclic amines) is 1. The molecule has 2 aromatic rings. The lowest BCUT2D eigenvalue weighted by Gasteiger charge is -2.32. The Hall–Kier alpha value is -2.57. The lowest BCUT2D eigenvalue weighted by molar-refractivity contribution is 0.00625. The maximum atomic E-state index is 12.3. The third-order valence-corrected chi connectivity index (χ3v) is 5.55. The Morgan fingerprint density at radius 3 is 2.90 bits per heavy atom. The zero-order chi connectivity index (χ0) is 20.8. The fourth-order valence-corrected chi connectivity index (χ4v) is 3.96. The summed E-state index contributed by atoms with van der Waals surface area (Å²) in [5.74, 6) is 0.877. The average Bonchev–Trinajstić information content (AvgIpc) is 2.78. The first-order valence-electron chi connectivity index (χ1n) is 10.8. The highest BCUT2D eigenvalue weighted by Gasteiger charge is 2.21. The molecule has 0 N–H and O–H groups in total. The number of aromatic nitrogens is 1. The van der Waals surface area contributed by atoms with Crippen LogP contribution in [0.2, 0.25) is 0 Å². The number of piperidine rings is 1. The molecule has 0 unspecified atom stereocenters. The van der Waals surface area contributed by atoms with Crippen molar-refractivity contribution in [3.63, 3.8) is 0 Å². The number of ether oxygens (including phenoxy) is 2. The number of benzene rings is 1. The number of aliphatic imine (C=N–C) groups is 1. The van der Waals surface area contributed by atoms with E-state index in [4.69, 9.17) is 9.47 Å². The number of carbonyl (C=O) groups is 1. The van der Waals surface area contributed by atoms with Crippen LogP contribution in [0.25, 0.3) is 0 Å². The highest BCUT2D eigenvalue weighted by molar-refractivity contribution is 6.16. The molecule has 0 bridgehead atoms. The van der Waals surface area contributed by atoms with Crippen LogP contribution in [-0.4, -0.2) is 53.8 Å². The Labute approximate surface area is 177 Å². The lowest BCUT2D eigenvalue weighted by Crippen LogP contribution is -2.36. The summed E-state index contributed by atoms with van der Waals surface area (Å²) >= 11 is 0. The molecule has 2 aliphatic heterocycles. The van der Waals surface area contributed by atoms with Crippen molar-refractivity contribution in [3.8, 4) is 5.75 Å². The van der Waals surface area contributed by atoms with Crippen LogP contribution in [0, 0.1) is 0 Å². The Morgan fingerprint density at radius 2 is 2.07 bits per heavy atom. The molecule has 1 aromatic heterocycles. The minimum Gasteiger partial charge on any atom is -0.488 e. The van der Waals surface area contributed by atoms with E-state index in [1.54, 1.807) is 18.5 Å². The summed E-state index contributed by atoms with van der Waals surface area (Å²) < 4.78 is 11.8. The summed E-state index contributed by atoms with van der Waals surface area (Å²) in [6.07, 6.45) is 7.24. The molecule has 1 aromatic carbocycles. The van der Waals surface area contributed by atoms with Gasteiger partial charge in [0.05, 0.1) is 30.1 Å². The second-order valence-corrected chi connectivity index (χ2v) is 7.95. The van der Waals surface area contributed by atoms with E-state index in [-0.39, 0.29) is 5.78 Å². The highest BCUT2D eigenvalue weighted by atomic mass is 16.5. The van der Waals surface area contributed by atoms with Crippen LogP contribution in [0.4, 0.5) is 5.69 Å². The van der Waals surface area contributed by atoms with Gasteiger partial charge in [0.2, 0.25) is 0 Å². The second kappa shape index (κ2) is 9.96. The van der Waals surface area contributed by atoms with Crippen LogP contribution in [-0.2, 0) is 11.3 Å². The van der Waals surface area contributed by atoms with Crippen LogP contribution < -0.4 is 4.74 Å². The molecule has 2 aliphatic rings. The van der Waals surface area contributed by atoms with Crippen LogP contribution in [0.3, 0.4) is 0 Å². The number of pyridine rings is 1. The summed E-state index contributed by atoms with van der Waals surface area (Å²) in [4.78, 5) is 23.4. The molecule has 1 fully saturated rings. The molecule has 1 saturated heterocycles. The van der Waals surface area contributed by atoms with E-state index in [0.29, 0.717) is 30.4 Å². The van der Waals surface area contributed by atoms with Gasteiger partial charge < -0.3 is 9.47 Å². The fourth-order valence-electron chi connectivity index (χ4n) is 3.96. The number of nitrogens with zero attached hydrogens (tertiary/aromatic N) is 3. The smallest absolute Gasteiger partial charge is 0.170 e. The van der Waals surface area contributed by atoms with Crippen LogP contribution in [0.15, 0.2) is 47.7 Å². The summed E-state index contributed by atoms with van der Waals surface area (Å²) in [5, 5.41) is 0. The minimum atomic E-state index is 0.0704. The monoisotopic (exact) mass is 407 g/mol. The number of ketones is 1. The Bertz CT molecular complexity index is 904. The highest BCUT2D eigenvalue weighted by Crippen LogP contribution is 2.25. The van der Waals surface area contributed by atoms with Gasteiger partial charge in [-0.3, -0.25) is 19.7 Å². The molecule has 0 spiro atoms. The molecule has 6 heteroatoms. The number of fused-ring (bicyclic) bond motifs is 1. The van der Waals surface area contributed by atoms with Gasteiger partial charge in [0.25, 0.3) is 0 Å². The first-order valence-corrected chi connectivity index (χ1v) is 10.8. The van der Waals surface area contributed by atoms with Crippen LogP contribution in [0.5, 0.6) is 5.75 Å². The molecule has 6 nitrogen and oxygen atoms in total. The number of rotatable bonds is 8. The molecular weight excluding hydrogens is 378 g/mol. The summed E-state index contributed by atoms with van der Waals surface area (Å²) in [5.41, 5.74) is 3.24. The first kappa shape index (κ1) is 20.7. The van der Waals surface area contributed by atoms with Crippen molar-refractivity contribution < 1.29 is 14.3 Å². The largest absolute Gasteiger partial charge is 0.488 e. The number of carbonyl (C=O) groups excluding carboxylic acids is 1. The first-order chi connectivity index (χ1) is 14.7. The van der Waals surface area contributed by atoms with E-state index in [1.807, 2.05) is 12.1 Å². The van der Waals surface area contributed by atoms with E-state index in [0.717, 1.165) is 57.0 Å². The zero-order valence-electron chi connectivity index (χ0n) is 17.5. The van der Waals surface area contributed by atoms with Crippen molar-refractivity contribution in [1.82, 2.24) is 9.88 Å². The van der Waals surface area contributed by atoms with Crippen molar-refractivity contribution in [2.45, 2.75) is 45.3 Å². The van der Waals surface area contributed by atoms with E-state index in [1.165, 1.54) is 5.56 Å². The molecule has 0 amide bonds. The topological polar surface area (TPSA) is 64.0 Å². The van der Waals surface area contributed by atoms with Gasteiger partial charge in [-0.15, -0.1) is 0 Å². The third-order valence-electron chi connectivity index (χ3n) is 5.55. The quantitative estimate of drug-likeness (QED) is 0.656. The average molecular weight is 408 g/mol. The lowest BCUT2D eigenvalue weighted by atomic mass is 10.0. The third kappa shape index (κ3) is 5.32. The Morgan fingerprint density at radius 1 is 1.20 bits per heavy atom. The van der Waals surface area contributed by atoms with E-state index in [9.17, 15) is 4.79 Å². The van der Waals surface area contributed by atoms with Gasteiger partial charge in [0.1, 0.15) is 12.4 Å². The van der Waals surface area contributed by atoms with Crippen molar-refractivity contribution in [3.05, 3.63) is 53.9 Å². The standard InChI is InChI=1S/C24H29N3O3/c1-2-12-29-20-7-10-27(11-8-20)16-18-4-3-5-21(13-18)30-17-19-14-24(28)22-6-9-25-15-23(22)26-19/h3-6,9,13,15,20H,2,7-8,10-12,14,16-17H2,1H3. The molecule has 0 saturated carbocycles. The minimum absolute atomic E-state index is 0.0704. The number of hydrogen-bond donors (Lipinski definition) is 0. The molecule has 3 heterocycles. The summed E-state index contributed by atoms with van der Waals surface area (Å²) in [6, 6.07) is 9.92. The van der Waals surface area contributed by atoms with Crippen molar-refractivity contribution in [1.29, 1.82) is 0 Å². The number of Topliss-reactive ketones (excluding diaryl/α,β-unsaturated/α-hetero) is 1. The molecule has 0 atom stereocenters. The second-order valence-electron chi connectivity index (χ2n) is 7.95. The predicted molar refractivity (Wildman–Crippen MR) is 117 cm³/mol. The number of hydrogen-bond acceptors (Lipinski definition) is 6. The maximum absolute atomic E-state index is 12.3.